The van der Waals surface area contributed by atoms with Crippen molar-refractivity contribution < 1.29 is 4.74 Å². The van der Waals surface area contributed by atoms with Crippen molar-refractivity contribution in [3.8, 4) is 5.75 Å². The first kappa shape index (κ1) is 17.1. The van der Waals surface area contributed by atoms with Crippen molar-refractivity contribution in [2.24, 2.45) is 0 Å². The maximum Gasteiger partial charge on any atom is 0.136 e. The number of ether oxygens (including phenoxy) is 1. The summed E-state index contributed by atoms with van der Waals surface area (Å²) in [6, 6.07) is 9.87. The molecule has 0 atom stereocenters. The van der Waals surface area contributed by atoms with Crippen LogP contribution in [0.2, 0.25) is 0 Å². The molecular weight excluding hydrogens is 288 g/mol. The Labute approximate surface area is 138 Å². The summed E-state index contributed by atoms with van der Waals surface area (Å²) in [6.45, 7) is 7.76. The number of rotatable bonds is 8. The molecule has 1 heterocycles. The molecule has 1 aromatic heterocycles. The van der Waals surface area contributed by atoms with Gasteiger partial charge in [0.15, 0.2) is 0 Å². The minimum absolute atomic E-state index is 0.672. The van der Waals surface area contributed by atoms with Gasteiger partial charge in [0.2, 0.25) is 0 Å². The number of aryl methyl sites for hydroxylation is 1. The van der Waals surface area contributed by atoms with E-state index in [0.717, 1.165) is 41.9 Å². The van der Waals surface area contributed by atoms with Crippen LogP contribution in [-0.2, 0) is 0 Å². The third-order valence-corrected chi connectivity index (χ3v) is 3.50. The predicted octanol–water partition coefficient (Wildman–Crippen LogP) is 4.16. The van der Waals surface area contributed by atoms with Gasteiger partial charge in [0.25, 0.3) is 0 Å². The molecule has 0 spiro atoms. The van der Waals surface area contributed by atoms with Gasteiger partial charge in [-0.15, -0.1) is 0 Å². The molecule has 124 valence electrons. The van der Waals surface area contributed by atoms with Gasteiger partial charge < -0.3 is 15.0 Å². The Balaban J connectivity index is 2.11. The molecule has 0 radical (unpaired) electrons. The first-order valence-electron chi connectivity index (χ1n) is 8.19. The van der Waals surface area contributed by atoms with Gasteiger partial charge >= 0.3 is 0 Å². The minimum Gasteiger partial charge on any atom is -0.494 e. The fourth-order valence-corrected chi connectivity index (χ4v) is 2.27. The lowest BCUT2D eigenvalue weighted by molar-refractivity contribution is 0.340. The summed E-state index contributed by atoms with van der Waals surface area (Å²) < 4.78 is 5.46. The van der Waals surface area contributed by atoms with Crippen LogP contribution in [0.25, 0.3) is 0 Å². The quantitative estimate of drug-likeness (QED) is 0.792. The molecule has 0 aliphatic heterocycles. The van der Waals surface area contributed by atoms with Gasteiger partial charge in [-0.2, -0.15) is 0 Å². The van der Waals surface area contributed by atoms with Gasteiger partial charge in [0, 0.05) is 25.3 Å². The van der Waals surface area contributed by atoms with E-state index in [9.17, 15) is 0 Å². The molecule has 0 bridgehead atoms. The first-order chi connectivity index (χ1) is 11.1. The topological polar surface area (TPSA) is 50.3 Å². The van der Waals surface area contributed by atoms with Crippen molar-refractivity contribution in [2.45, 2.75) is 33.6 Å². The van der Waals surface area contributed by atoms with E-state index >= 15 is 0 Å². The molecule has 5 nitrogen and oxygen atoms in total. The van der Waals surface area contributed by atoms with Crippen molar-refractivity contribution in [3.63, 3.8) is 0 Å². The molecule has 5 heteroatoms. The van der Waals surface area contributed by atoms with E-state index < -0.39 is 0 Å². The van der Waals surface area contributed by atoms with Crippen molar-refractivity contribution in [3.05, 3.63) is 36.2 Å². The molecule has 0 unspecified atom stereocenters. The van der Waals surface area contributed by atoms with Gasteiger partial charge in [-0.1, -0.05) is 13.3 Å². The van der Waals surface area contributed by atoms with Gasteiger partial charge in [-0.05, 0) is 44.5 Å². The molecule has 2 rings (SSSR count). The van der Waals surface area contributed by atoms with Crippen LogP contribution in [0.1, 0.15) is 32.5 Å². The van der Waals surface area contributed by atoms with E-state index in [0.29, 0.717) is 6.61 Å². The maximum atomic E-state index is 5.46. The highest BCUT2D eigenvalue weighted by Gasteiger charge is 2.07. The van der Waals surface area contributed by atoms with Gasteiger partial charge in [0.05, 0.1) is 6.61 Å². The van der Waals surface area contributed by atoms with E-state index in [4.69, 9.17) is 4.74 Å². The van der Waals surface area contributed by atoms with Crippen molar-refractivity contribution in [1.82, 2.24) is 9.97 Å². The minimum atomic E-state index is 0.672. The zero-order valence-electron chi connectivity index (χ0n) is 14.5. The SMILES string of the molecule is CCCCN(C)c1cc(Nc2ccc(OCC)cc2)nc(C)n1. The van der Waals surface area contributed by atoms with Crippen LogP contribution >= 0.6 is 0 Å². The van der Waals surface area contributed by atoms with Crippen LogP contribution in [0.5, 0.6) is 5.75 Å². The number of aromatic nitrogens is 2. The number of unbranched alkanes of at least 4 members (excludes halogenated alkanes) is 1. The number of anilines is 3. The van der Waals surface area contributed by atoms with E-state index in [-0.39, 0.29) is 0 Å². The number of hydrogen-bond donors (Lipinski definition) is 1. The Morgan fingerprint density at radius 1 is 1.13 bits per heavy atom. The summed E-state index contributed by atoms with van der Waals surface area (Å²) in [5, 5.41) is 3.33. The van der Waals surface area contributed by atoms with E-state index in [1.807, 2.05) is 44.2 Å². The van der Waals surface area contributed by atoms with E-state index in [2.05, 4.69) is 34.2 Å². The van der Waals surface area contributed by atoms with Crippen LogP contribution in [0.3, 0.4) is 0 Å². The maximum absolute atomic E-state index is 5.46. The zero-order chi connectivity index (χ0) is 16.7. The smallest absolute Gasteiger partial charge is 0.136 e. The zero-order valence-corrected chi connectivity index (χ0v) is 14.5. The molecule has 0 saturated carbocycles. The Bertz CT molecular complexity index is 613. The molecule has 0 amide bonds. The van der Waals surface area contributed by atoms with Crippen LogP contribution in [-0.4, -0.2) is 30.2 Å². The predicted molar refractivity (Wildman–Crippen MR) is 95.8 cm³/mol. The molecule has 0 saturated heterocycles. The largest absolute Gasteiger partial charge is 0.494 e. The second-order valence-electron chi connectivity index (χ2n) is 5.52. The lowest BCUT2D eigenvalue weighted by Gasteiger charge is -2.19. The fourth-order valence-electron chi connectivity index (χ4n) is 2.27. The van der Waals surface area contributed by atoms with Crippen LogP contribution in [0.15, 0.2) is 30.3 Å². The van der Waals surface area contributed by atoms with Crippen LogP contribution < -0.4 is 15.0 Å². The van der Waals surface area contributed by atoms with Gasteiger partial charge in [0.1, 0.15) is 23.2 Å². The summed E-state index contributed by atoms with van der Waals surface area (Å²) in [6.07, 6.45) is 2.33. The third-order valence-electron chi connectivity index (χ3n) is 3.50. The summed E-state index contributed by atoms with van der Waals surface area (Å²) in [5.74, 6) is 3.38. The van der Waals surface area contributed by atoms with Crippen LogP contribution in [0.4, 0.5) is 17.3 Å². The second-order valence-corrected chi connectivity index (χ2v) is 5.52. The summed E-state index contributed by atoms with van der Waals surface area (Å²) in [7, 11) is 2.07. The Morgan fingerprint density at radius 3 is 2.52 bits per heavy atom. The Kier molecular flexibility index (Phi) is 6.20. The molecule has 2 aromatic rings. The Morgan fingerprint density at radius 2 is 1.87 bits per heavy atom. The lowest BCUT2D eigenvalue weighted by Crippen LogP contribution is -2.20. The standard InChI is InChI=1S/C18H26N4O/c1-5-7-12-22(4)18-13-17(19-14(3)20-18)21-15-8-10-16(11-9-15)23-6-2/h8-11,13H,5-7,12H2,1-4H3,(H,19,20,21). The monoisotopic (exact) mass is 314 g/mol. The average Bonchev–Trinajstić information content (AvgIpc) is 2.54. The highest BCUT2D eigenvalue weighted by atomic mass is 16.5. The Hall–Kier alpha value is -2.30. The van der Waals surface area contributed by atoms with Gasteiger partial charge in [-0.3, -0.25) is 0 Å². The molecular formula is C18H26N4O. The highest BCUT2D eigenvalue weighted by Crippen LogP contribution is 2.21. The molecule has 0 fully saturated rings. The first-order valence-corrected chi connectivity index (χ1v) is 8.19. The number of benzene rings is 1. The molecule has 1 N–H and O–H groups in total. The van der Waals surface area contributed by atoms with E-state index in [1.54, 1.807) is 0 Å². The van der Waals surface area contributed by atoms with Crippen molar-refractivity contribution >= 4 is 17.3 Å². The molecule has 0 aliphatic rings. The van der Waals surface area contributed by atoms with E-state index in [1.165, 1.54) is 6.42 Å². The summed E-state index contributed by atoms with van der Waals surface area (Å²) >= 11 is 0. The summed E-state index contributed by atoms with van der Waals surface area (Å²) in [5.41, 5.74) is 0.980. The average molecular weight is 314 g/mol. The molecule has 23 heavy (non-hydrogen) atoms. The van der Waals surface area contributed by atoms with Gasteiger partial charge in [-0.25, -0.2) is 9.97 Å². The number of nitrogens with zero attached hydrogens (tertiary/aromatic N) is 3. The summed E-state index contributed by atoms with van der Waals surface area (Å²) in [4.78, 5) is 11.2. The van der Waals surface area contributed by atoms with Crippen LogP contribution in [0, 0.1) is 6.92 Å². The second kappa shape index (κ2) is 8.36. The molecule has 0 aliphatic carbocycles. The number of hydrogen-bond acceptors (Lipinski definition) is 5. The normalized spacial score (nSPS) is 10.4. The number of nitrogens with one attached hydrogen (secondary N) is 1. The van der Waals surface area contributed by atoms with Crippen molar-refractivity contribution in [1.29, 1.82) is 0 Å². The molecule has 1 aromatic carbocycles. The van der Waals surface area contributed by atoms with Crippen molar-refractivity contribution in [2.75, 3.05) is 30.4 Å². The highest BCUT2D eigenvalue weighted by molar-refractivity contribution is 5.60. The lowest BCUT2D eigenvalue weighted by atomic mass is 10.3. The third kappa shape index (κ3) is 5.13. The fraction of sp³-hybridized carbons (Fsp3) is 0.444.